The van der Waals surface area contributed by atoms with Gasteiger partial charge in [-0.15, -0.1) is 0 Å². The van der Waals surface area contributed by atoms with Crippen LogP contribution in [0.1, 0.15) is 30.9 Å². The van der Waals surface area contributed by atoms with Crippen LogP contribution < -0.4 is 14.8 Å². The second-order valence-corrected chi connectivity index (χ2v) is 5.67. The van der Waals surface area contributed by atoms with Gasteiger partial charge in [0.05, 0.1) is 0 Å². The molecule has 2 aliphatic rings. The maximum atomic E-state index is 13.8. The minimum Gasteiger partial charge on any atom is -0.454 e. The number of alkyl halides is 2. The summed E-state index contributed by atoms with van der Waals surface area (Å²) in [5.41, 5.74) is 0.739. The molecule has 1 unspecified atom stereocenters. The van der Waals surface area contributed by atoms with E-state index in [2.05, 4.69) is 5.32 Å². The monoisotopic (exact) mass is 283 g/mol. The van der Waals surface area contributed by atoms with Crippen LogP contribution in [0.4, 0.5) is 8.78 Å². The Kier molecular flexibility index (Phi) is 3.54. The van der Waals surface area contributed by atoms with E-state index in [9.17, 15) is 8.78 Å². The van der Waals surface area contributed by atoms with Gasteiger partial charge in [0.25, 0.3) is 5.92 Å². The van der Waals surface area contributed by atoms with Crippen LogP contribution in [0.2, 0.25) is 0 Å². The first-order chi connectivity index (χ1) is 9.54. The zero-order valence-corrected chi connectivity index (χ0v) is 11.5. The summed E-state index contributed by atoms with van der Waals surface area (Å²) in [4.78, 5) is 0. The third-order valence-electron chi connectivity index (χ3n) is 3.98. The molecule has 0 bridgehead atoms. The van der Waals surface area contributed by atoms with Crippen molar-refractivity contribution in [1.29, 1.82) is 0 Å². The lowest BCUT2D eigenvalue weighted by Crippen LogP contribution is -2.31. The van der Waals surface area contributed by atoms with Crippen molar-refractivity contribution in [3.05, 3.63) is 23.3 Å². The molecule has 1 saturated heterocycles. The molecule has 20 heavy (non-hydrogen) atoms. The number of halogens is 2. The molecule has 1 fully saturated rings. The van der Waals surface area contributed by atoms with Gasteiger partial charge in [-0.3, -0.25) is 0 Å². The summed E-state index contributed by atoms with van der Waals surface area (Å²) in [6.07, 6.45) is 2.84. The number of hydrogen-bond acceptors (Lipinski definition) is 3. The lowest BCUT2D eigenvalue weighted by molar-refractivity contribution is 0.0161. The Morgan fingerprint density at radius 2 is 2.05 bits per heavy atom. The van der Waals surface area contributed by atoms with Gasteiger partial charge < -0.3 is 14.8 Å². The van der Waals surface area contributed by atoms with Gasteiger partial charge in [-0.25, -0.2) is 8.78 Å². The van der Waals surface area contributed by atoms with Crippen LogP contribution in [0.15, 0.2) is 12.1 Å². The molecule has 3 rings (SSSR count). The SMILES string of the molecule is CC(F)(F)c1cc2c(cc1CC1CCCNC1)OCO2. The second kappa shape index (κ2) is 5.20. The first kappa shape index (κ1) is 13.6. The van der Waals surface area contributed by atoms with Gasteiger partial charge in [-0.05, 0) is 56.0 Å². The predicted molar refractivity (Wildman–Crippen MR) is 71.4 cm³/mol. The zero-order chi connectivity index (χ0) is 14.2. The third kappa shape index (κ3) is 2.73. The van der Waals surface area contributed by atoms with Crippen LogP contribution in [0.5, 0.6) is 11.5 Å². The van der Waals surface area contributed by atoms with Gasteiger partial charge in [-0.1, -0.05) is 0 Å². The van der Waals surface area contributed by atoms with Crippen molar-refractivity contribution in [1.82, 2.24) is 5.32 Å². The molecule has 2 heterocycles. The molecule has 3 nitrogen and oxygen atoms in total. The zero-order valence-electron chi connectivity index (χ0n) is 11.5. The van der Waals surface area contributed by atoms with E-state index >= 15 is 0 Å². The first-order valence-corrected chi connectivity index (χ1v) is 7.05. The number of rotatable bonds is 3. The maximum absolute atomic E-state index is 13.8. The highest BCUT2D eigenvalue weighted by Gasteiger charge is 2.31. The van der Waals surface area contributed by atoms with Crippen molar-refractivity contribution in [2.45, 2.75) is 32.1 Å². The summed E-state index contributed by atoms with van der Waals surface area (Å²) in [6.45, 7) is 2.96. The quantitative estimate of drug-likeness (QED) is 0.924. The standard InChI is InChI=1S/C15H19F2NO2/c1-15(16,17)12-7-14-13(19-9-20-14)6-11(12)5-10-3-2-4-18-8-10/h6-7,10,18H,2-5,8-9H2,1H3. The molecule has 1 atom stereocenters. The first-order valence-electron chi connectivity index (χ1n) is 7.05. The molecule has 0 aromatic heterocycles. The molecule has 2 aliphatic heterocycles. The van der Waals surface area contributed by atoms with E-state index in [1.54, 1.807) is 6.07 Å². The summed E-state index contributed by atoms with van der Waals surface area (Å²) in [5, 5.41) is 3.32. The van der Waals surface area contributed by atoms with Gasteiger partial charge >= 0.3 is 0 Å². The summed E-state index contributed by atoms with van der Waals surface area (Å²) in [6, 6.07) is 3.16. The smallest absolute Gasteiger partial charge is 0.270 e. The minimum absolute atomic E-state index is 0.0623. The van der Waals surface area contributed by atoms with Gasteiger partial charge in [0, 0.05) is 12.5 Å². The van der Waals surface area contributed by atoms with Gasteiger partial charge in [0.2, 0.25) is 6.79 Å². The fourth-order valence-corrected chi connectivity index (χ4v) is 2.97. The second-order valence-electron chi connectivity index (χ2n) is 5.67. The predicted octanol–water partition coefficient (Wildman–Crippen LogP) is 3.07. The van der Waals surface area contributed by atoms with E-state index in [4.69, 9.17) is 9.47 Å². The van der Waals surface area contributed by atoms with E-state index in [-0.39, 0.29) is 12.4 Å². The van der Waals surface area contributed by atoms with Crippen molar-refractivity contribution in [3.8, 4) is 11.5 Å². The molecule has 1 N–H and O–H groups in total. The summed E-state index contributed by atoms with van der Waals surface area (Å²) in [7, 11) is 0. The average molecular weight is 283 g/mol. The Labute approximate surface area is 117 Å². The third-order valence-corrected chi connectivity index (χ3v) is 3.98. The topological polar surface area (TPSA) is 30.5 Å². The van der Waals surface area contributed by atoms with Crippen LogP contribution in [-0.2, 0) is 12.3 Å². The molecule has 0 aliphatic carbocycles. The van der Waals surface area contributed by atoms with Crippen LogP contribution in [-0.4, -0.2) is 19.9 Å². The van der Waals surface area contributed by atoms with Crippen LogP contribution in [0.3, 0.4) is 0 Å². The number of piperidine rings is 1. The lowest BCUT2D eigenvalue weighted by atomic mass is 9.88. The lowest BCUT2D eigenvalue weighted by Gasteiger charge is -2.25. The van der Waals surface area contributed by atoms with Crippen molar-refractivity contribution in [2.24, 2.45) is 5.92 Å². The molecule has 1 aromatic rings. The highest BCUT2D eigenvalue weighted by atomic mass is 19.3. The van der Waals surface area contributed by atoms with Crippen molar-refractivity contribution in [2.75, 3.05) is 19.9 Å². The number of fused-ring (bicyclic) bond motifs is 1. The van der Waals surface area contributed by atoms with E-state index in [0.29, 0.717) is 29.4 Å². The Balaban J connectivity index is 1.91. The fourth-order valence-electron chi connectivity index (χ4n) is 2.97. The molecule has 0 amide bonds. The molecule has 0 saturated carbocycles. The summed E-state index contributed by atoms with van der Waals surface area (Å²) >= 11 is 0. The molecule has 110 valence electrons. The van der Waals surface area contributed by atoms with E-state index in [1.807, 2.05) is 0 Å². The van der Waals surface area contributed by atoms with E-state index < -0.39 is 5.92 Å². The summed E-state index contributed by atoms with van der Waals surface area (Å²) in [5.74, 6) is -1.45. The molecular weight excluding hydrogens is 264 g/mol. The van der Waals surface area contributed by atoms with Crippen LogP contribution >= 0.6 is 0 Å². The Bertz CT molecular complexity index is 493. The van der Waals surface area contributed by atoms with E-state index in [1.165, 1.54) is 6.07 Å². The van der Waals surface area contributed by atoms with Gasteiger partial charge in [-0.2, -0.15) is 0 Å². The molecule has 0 radical (unpaired) electrons. The highest BCUT2D eigenvalue weighted by Crippen LogP contribution is 2.41. The Morgan fingerprint density at radius 3 is 2.70 bits per heavy atom. The minimum atomic E-state index is -2.86. The van der Waals surface area contributed by atoms with Crippen LogP contribution in [0, 0.1) is 5.92 Å². The van der Waals surface area contributed by atoms with Crippen molar-refractivity contribution in [3.63, 3.8) is 0 Å². The van der Waals surface area contributed by atoms with Crippen molar-refractivity contribution >= 4 is 0 Å². The van der Waals surface area contributed by atoms with Gasteiger partial charge in [0.15, 0.2) is 11.5 Å². The Morgan fingerprint density at radius 1 is 1.30 bits per heavy atom. The average Bonchev–Trinajstić information content (AvgIpc) is 2.85. The largest absolute Gasteiger partial charge is 0.454 e. The van der Waals surface area contributed by atoms with Crippen molar-refractivity contribution < 1.29 is 18.3 Å². The van der Waals surface area contributed by atoms with Crippen LogP contribution in [0.25, 0.3) is 0 Å². The molecule has 1 aromatic carbocycles. The van der Waals surface area contributed by atoms with Gasteiger partial charge in [0.1, 0.15) is 0 Å². The number of benzene rings is 1. The number of hydrogen-bond donors (Lipinski definition) is 1. The number of nitrogens with one attached hydrogen (secondary N) is 1. The number of ether oxygens (including phenoxy) is 2. The molecular formula is C15H19F2NO2. The molecule has 0 spiro atoms. The summed E-state index contributed by atoms with van der Waals surface area (Å²) < 4.78 is 38.2. The molecule has 5 heteroatoms. The highest BCUT2D eigenvalue weighted by molar-refractivity contribution is 5.50. The normalized spacial score (nSPS) is 22.1. The maximum Gasteiger partial charge on any atom is 0.270 e. The fraction of sp³-hybridized carbons (Fsp3) is 0.600. The Hall–Kier alpha value is -1.36. The van der Waals surface area contributed by atoms with E-state index in [0.717, 1.165) is 32.9 Å².